The number of aromatic hydroxyl groups is 2. The van der Waals surface area contributed by atoms with E-state index in [-0.39, 0.29) is 17.1 Å². The third kappa shape index (κ3) is 4.40. The SMILES string of the molecule is CCOc1ccc(NC(=O)[C@H](C)OC(=O)c2cc(O)c3ccccc3c2O)cc1. The minimum absolute atomic E-state index is 0.170. The van der Waals surface area contributed by atoms with Crippen molar-refractivity contribution in [1.82, 2.24) is 0 Å². The van der Waals surface area contributed by atoms with Crippen LogP contribution in [0.1, 0.15) is 24.2 Å². The first kappa shape index (κ1) is 20.0. The molecular weight excluding hydrogens is 374 g/mol. The molecule has 0 radical (unpaired) electrons. The van der Waals surface area contributed by atoms with Crippen molar-refractivity contribution in [3.8, 4) is 17.2 Å². The molecule has 7 heteroatoms. The lowest BCUT2D eigenvalue weighted by molar-refractivity contribution is -0.123. The van der Waals surface area contributed by atoms with Gasteiger partial charge in [-0.25, -0.2) is 4.79 Å². The van der Waals surface area contributed by atoms with Gasteiger partial charge in [0.15, 0.2) is 6.10 Å². The second-order valence-corrected chi connectivity index (χ2v) is 6.33. The van der Waals surface area contributed by atoms with Crippen LogP contribution in [-0.4, -0.2) is 34.8 Å². The molecule has 0 aliphatic heterocycles. The number of nitrogens with one attached hydrogen (secondary N) is 1. The third-order valence-electron chi connectivity index (χ3n) is 4.30. The highest BCUT2D eigenvalue weighted by molar-refractivity contribution is 6.04. The number of fused-ring (bicyclic) bond motifs is 1. The van der Waals surface area contributed by atoms with Gasteiger partial charge in [0.2, 0.25) is 0 Å². The zero-order chi connectivity index (χ0) is 21.0. The Morgan fingerprint density at radius 3 is 2.34 bits per heavy atom. The standard InChI is InChI=1S/C22H21NO6/c1-3-28-15-10-8-14(9-11-15)23-21(26)13(2)29-22(27)18-12-19(24)16-6-4-5-7-17(16)20(18)25/h4-13,24-25H,3H2,1-2H3,(H,23,26)/t13-/m0/s1. The maximum Gasteiger partial charge on any atom is 0.342 e. The molecular formula is C22H21NO6. The molecule has 0 aromatic heterocycles. The summed E-state index contributed by atoms with van der Waals surface area (Å²) in [4.78, 5) is 24.8. The fourth-order valence-corrected chi connectivity index (χ4v) is 2.82. The molecule has 3 N–H and O–H groups in total. The van der Waals surface area contributed by atoms with Crippen molar-refractivity contribution >= 4 is 28.3 Å². The molecule has 0 aliphatic carbocycles. The lowest BCUT2D eigenvalue weighted by Crippen LogP contribution is -2.30. The molecule has 150 valence electrons. The van der Waals surface area contributed by atoms with Crippen molar-refractivity contribution in [3.05, 3.63) is 60.2 Å². The van der Waals surface area contributed by atoms with E-state index in [2.05, 4.69) is 5.32 Å². The highest BCUT2D eigenvalue weighted by Gasteiger charge is 2.23. The Morgan fingerprint density at radius 1 is 1.03 bits per heavy atom. The van der Waals surface area contributed by atoms with Gasteiger partial charge in [0.05, 0.1) is 6.61 Å². The number of benzene rings is 3. The Bertz CT molecular complexity index is 1050. The monoisotopic (exact) mass is 395 g/mol. The van der Waals surface area contributed by atoms with Crippen LogP contribution >= 0.6 is 0 Å². The number of phenols is 2. The summed E-state index contributed by atoms with van der Waals surface area (Å²) in [6.45, 7) is 3.83. The number of hydrogen-bond acceptors (Lipinski definition) is 6. The normalized spacial score (nSPS) is 11.7. The van der Waals surface area contributed by atoms with E-state index in [1.807, 2.05) is 6.92 Å². The summed E-state index contributed by atoms with van der Waals surface area (Å²) in [5, 5.41) is 23.8. The number of anilines is 1. The number of phenolic OH excluding ortho intramolecular Hbond substituents is 2. The molecule has 0 heterocycles. The van der Waals surface area contributed by atoms with Crippen LogP contribution in [0.3, 0.4) is 0 Å². The van der Waals surface area contributed by atoms with E-state index in [1.165, 1.54) is 6.92 Å². The van der Waals surface area contributed by atoms with E-state index >= 15 is 0 Å². The Morgan fingerprint density at radius 2 is 1.69 bits per heavy atom. The molecule has 1 atom stereocenters. The van der Waals surface area contributed by atoms with E-state index in [0.717, 1.165) is 6.07 Å². The number of ether oxygens (including phenoxy) is 2. The number of carbonyl (C=O) groups is 2. The van der Waals surface area contributed by atoms with Gasteiger partial charge < -0.3 is 25.0 Å². The average Bonchev–Trinajstić information content (AvgIpc) is 2.72. The first-order valence-corrected chi connectivity index (χ1v) is 9.09. The predicted octanol–water partition coefficient (Wildman–Crippen LogP) is 3.83. The van der Waals surface area contributed by atoms with Crippen molar-refractivity contribution in [2.45, 2.75) is 20.0 Å². The molecule has 0 saturated carbocycles. The molecule has 0 bridgehead atoms. The van der Waals surface area contributed by atoms with Crippen molar-refractivity contribution in [2.75, 3.05) is 11.9 Å². The maximum absolute atomic E-state index is 12.5. The van der Waals surface area contributed by atoms with Gasteiger partial charge in [0.25, 0.3) is 5.91 Å². The summed E-state index contributed by atoms with van der Waals surface area (Å²) in [7, 11) is 0. The smallest absolute Gasteiger partial charge is 0.342 e. The first-order valence-electron chi connectivity index (χ1n) is 9.09. The minimum atomic E-state index is -1.12. The van der Waals surface area contributed by atoms with Crippen LogP contribution in [0.25, 0.3) is 10.8 Å². The summed E-state index contributed by atoms with van der Waals surface area (Å²) >= 11 is 0. The average molecular weight is 395 g/mol. The number of carbonyl (C=O) groups excluding carboxylic acids is 2. The lowest BCUT2D eigenvalue weighted by atomic mass is 10.0. The Hall–Kier alpha value is -3.74. The number of rotatable bonds is 6. The summed E-state index contributed by atoms with van der Waals surface area (Å²) in [6.07, 6.45) is -1.12. The largest absolute Gasteiger partial charge is 0.507 e. The van der Waals surface area contributed by atoms with Crippen molar-refractivity contribution in [1.29, 1.82) is 0 Å². The quantitative estimate of drug-likeness (QED) is 0.433. The van der Waals surface area contributed by atoms with Crippen LogP contribution in [0.4, 0.5) is 5.69 Å². The molecule has 0 fully saturated rings. The molecule has 0 saturated heterocycles. The topological polar surface area (TPSA) is 105 Å². The molecule has 7 nitrogen and oxygen atoms in total. The van der Waals surface area contributed by atoms with E-state index in [4.69, 9.17) is 9.47 Å². The highest BCUT2D eigenvalue weighted by Crippen LogP contribution is 2.35. The van der Waals surface area contributed by atoms with Gasteiger partial charge in [-0.1, -0.05) is 24.3 Å². The molecule has 3 aromatic carbocycles. The molecule has 0 unspecified atom stereocenters. The molecule has 3 rings (SSSR count). The highest BCUT2D eigenvalue weighted by atomic mass is 16.5. The summed E-state index contributed by atoms with van der Waals surface area (Å²) in [6, 6.07) is 14.5. The van der Waals surface area contributed by atoms with Crippen LogP contribution in [0.2, 0.25) is 0 Å². The Kier molecular flexibility index (Phi) is 5.87. The van der Waals surface area contributed by atoms with E-state index in [9.17, 15) is 19.8 Å². The van der Waals surface area contributed by atoms with Crippen molar-refractivity contribution in [3.63, 3.8) is 0 Å². The second kappa shape index (κ2) is 8.52. The van der Waals surface area contributed by atoms with E-state index in [1.54, 1.807) is 48.5 Å². The zero-order valence-corrected chi connectivity index (χ0v) is 16.0. The number of hydrogen-bond donors (Lipinski definition) is 3. The second-order valence-electron chi connectivity index (χ2n) is 6.33. The van der Waals surface area contributed by atoms with Gasteiger partial charge in [0.1, 0.15) is 22.8 Å². The van der Waals surface area contributed by atoms with Gasteiger partial charge in [0, 0.05) is 16.5 Å². The predicted molar refractivity (Wildman–Crippen MR) is 108 cm³/mol. The molecule has 1 amide bonds. The van der Waals surface area contributed by atoms with Crippen LogP contribution in [-0.2, 0) is 9.53 Å². The Balaban J connectivity index is 1.71. The fourth-order valence-electron chi connectivity index (χ4n) is 2.82. The third-order valence-corrected chi connectivity index (χ3v) is 4.30. The summed E-state index contributed by atoms with van der Waals surface area (Å²) in [5.74, 6) is -1.26. The van der Waals surface area contributed by atoms with Gasteiger partial charge in [-0.3, -0.25) is 4.79 Å². The molecule has 0 aliphatic rings. The summed E-state index contributed by atoms with van der Waals surface area (Å²) < 4.78 is 10.5. The molecule has 29 heavy (non-hydrogen) atoms. The van der Waals surface area contributed by atoms with Gasteiger partial charge in [-0.15, -0.1) is 0 Å². The fraction of sp³-hybridized carbons (Fsp3) is 0.182. The van der Waals surface area contributed by atoms with Gasteiger partial charge in [-0.2, -0.15) is 0 Å². The molecule has 0 spiro atoms. The van der Waals surface area contributed by atoms with E-state index < -0.39 is 18.0 Å². The number of esters is 1. The first-order chi connectivity index (χ1) is 13.9. The Labute approximate surface area is 167 Å². The van der Waals surface area contributed by atoms with Gasteiger partial charge >= 0.3 is 5.97 Å². The number of amides is 1. The maximum atomic E-state index is 12.5. The summed E-state index contributed by atoms with van der Waals surface area (Å²) in [5.41, 5.74) is 0.300. The van der Waals surface area contributed by atoms with Crippen LogP contribution < -0.4 is 10.1 Å². The van der Waals surface area contributed by atoms with Crippen LogP contribution in [0, 0.1) is 0 Å². The van der Waals surface area contributed by atoms with E-state index in [0.29, 0.717) is 28.8 Å². The molecule has 3 aromatic rings. The lowest BCUT2D eigenvalue weighted by Gasteiger charge is -2.15. The van der Waals surface area contributed by atoms with Crippen LogP contribution in [0.15, 0.2) is 54.6 Å². The van der Waals surface area contributed by atoms with Crippen LogP contribution in [0.5, 0.6) is 17.2 Å². The zero-order valence-electron chi connectivity index (χ0n) is 16.0. The van der Waals surface area contributed by atoms with Gasteiger partial charge in [-0.05, 0) is 44.2 Å². The minimum Gasteiger partial charge on any atom is -0.507 e. The van der Waals surface area contributed by atoms with Crippen molar-refractivity contribution in [2.24, 2.45) is 0 Å². The van der Waals surface area contributed by atoms with Crippen molar-refractivity contribution < 1.29 is 29.3 Å².